The lowest BCUT2D eigenvalue weighted by Gasteiger charge is -2.39. The highest BCUT2D eigenvalue weighted by molar-refractivity contribution is 5.09. The van der Waals surface area contributed by atoms with Crippen molar-refractivity contribution in [2.45, 2.75) is 74.9 Å². The maximum absolute atomic E-state index is 13.3. The summed E-state index contributed by atoms with van der Waals surface area (Å²) in [6.45, 7) is 0.676. The van der Waals surface area contributed by atoms with Gasteiger partial charge in [0, 0.05) is 6.54 Å². The van der Waals surface area contributed by atoms with E-state index in [0.717, 1.165) is 0 Å². The minimum Gasteiger partial charge on any atom is -0.253 e. The predicted octanol–water partition coefficient (Wildman–Crippen LogP) is 6.24. The highest BCUT2D eigenvalue weighted by atomic mass is 19.4. The minimum absolute atomic E-state index is 0.168. The fourth-order valence-electron chi connectivity index (χ4n) is 1.85. The van der Waals surface area contributed by atoms with Crippen molar-refractivity contribution < 1.29 is 57.1 Å². The van der Waals surface area contributed by atoms with Crippen molar-refractivity contribution >= 4 is 0 Å². The second kappa shape index (κ2) is 8.19. The smallest absolute Gasteiger partial charge is 0.253 e. The maximum Gasteiger partial charge on any atom is 0.460 e. The number of halogens is 13. The van der Waals surface area contributed by atoms with Crippen molar-refractivity contribution in [1.29, 1.82) is 0 Å². The summed E-state index contributed by atoms with van der Waals surface area (Å²) in [5, 5.41) is 0.522. The molecule has 0 aromatic heterocycles. The zero-order valence-electron chi connectivity index (χ0n) is 13.7. The molecule has 27 heavy (non-hydrogen) atoms. The lowest BCUT2D eigenvalue weighted by atomic mass is 9.96. The third kappa shape index (κ3) is 4.73. The molecule has 0 atom stereocenters. The molecule has 0 unspecified atom stereocenters. The standard InChI is InChI=1S/C13H16F13N/c1-2-3-4-5-6-7-27-13(25,26)11(20,21)9(16,17)8(14,15)10(18,19)12(22,23)24/h27H,2-7H2,1H3. The minimum atomic E-state index is -7.85. The zero-order chi connectivity index (χ0) is 21.9. The highest BCUT2D eigenvalue weighted by Gasteiger charge is 2.90. The summed E-state index contributed by atoms with van der Waals surface area (Å²) in [4.78, 5) is 0. The van der Waals surface area contributed by atoms with E-state index in [1.54, 1.807) is 6.92 Å². The summed E-state index contributed by atoms with van der Waals surface area (Å²) in [6, 6.07) is -6.19. The molecule has 0 aliphatic heterocycles. The van der Waals surface area contributed by atoms with Gasteiger partial charge < -0.3 is 0 Å². The average molecular weight is 433 g/mol. The molecule has 0 radical (unpaired) electrons. The molecule has 0 aromatic rings. The van der Waals surface area contributed by atoms with Gasteiger partial charge in [-0.05, 0) is 6.42 Å². The molecular formula is C13H16F13N. The molecule has 0 aliphatic carbocycles. The quantitative estimate of drug-likeness (QED) is 0.231. The van der Waals surface area contributed by atoms with Crippen molar-refractivity contribution in [1.82, 2.24) is 5.32 Å². The Morgan fingerprint density at radius 2 is 0.926 bits per heavy atom. The lowest BCUT2D eigenvalue weighted by molar-refractivity contribution is -0.442. The van der Waals surface area contributed by atoms with Gasteiger partial charge in [-0.1, -0.05) is 32.6 Å². The van der Waals surface area contributed by atoms with Crippen LogP contribution < -0.4 is 5.32 Å². The van der Waals surface area contributed by atoms with E-state index in [4.69, 9.17) is 0 Å². The Kier molecular flexibility index (Phi) is 7.91. The Morgan fingerprint density at radius 1 is 0.519 bits per heavy atom. The number of rotatable bonds is 11. The maximum atomic E-state index is 13.3. The van der Waals surface area contributed by atoms with E-state index in [2.05, 4.69) is 0 Å². The van der Waals surface area contributed by atoms with Crippen molar-refractivity contribution in [2.75, 3.05) is 6.54 Å². The molecule has 1 N–H and O–H groups in total. The van der Waals surface area contributed by atoms with Gasteiger partial charge in [0.1, 0.15) is 0 Å². The molecule has 0 amide bonds. The Hall–Kier alpha value is -0.950. The van der Waals surface area contributed by atoms with E-state index in [-0.39, 0.29) is 12.8 Å². The predicted molar refractivity (Wildman–Crippen MR) is 67.6 cm³/mol. The normalized spacial score (nSPS) is 15.3. The number of hydrogen-bond donors (Lipinski definition) is 1. The van der Waals surface area contributed by atoms with Crippen LogP contribution in [0.5, 0.6) is 0 Å². The topological polar surface area (TPSA) is 12.0 Å². The highest BCUT2D eigenvalue weighted by Crippen LogP contribution is 2.59. The van der Waals surface area contributed by atoms with Crippen LogP contribution in [-0.4, -0.2) is 42.5 Å². The number of hydrogen-bond acceptors (Lipinski definition) is 1. The van der Waals surface area contributed by atoms with E-state index >= 15 is 0 Å². The van der Waals surface area contributed by atoms with Crippen LogP contribution in [0.15, 0.2) is 0 Å². The Morgan fingerprint density at radius 3 is 1.33 bits per heavy atom. The van der Waals surface area contributed by atoms with Gasteiger partial charge in [-0.2, -0.15) is 57.1 Å². The third-order valence-corrected chi connectivity index (χ3v) is 3.56. The summed E-state index contributed by atoms with van der Waals surface area (Å²) in [7, 11) is 0. The van der Waals surface area contributed by atoms with Crippen molar-refractivity contribution in [2.24, 2.45) is 0 Å². The summed E-state index contributed by atoms with van der Waals surface area (Å²) < 4.78 is 166. The molecule has 0 spiro atoms. The van der Waals surface area contributed by atoms with Crippen LogP contribution in [-0.2, 0) is 0 Å². The first-order valence-corrected chi connectivity index (χ1v) is 7.52. The summed E-state index contributed by atoms with van der Waals surface area (Å²) in [5.41, 5.74) is 0. The Bertz CT molecular complexity index is 469. The van der Waals surface area contributed by atoms with Gasteiger partial charge in [-0.3, -0.25) is 5.32 Å². The van der Waals surface area contributed by atoms with E-state index in [1.165, 1.54) is 0 Å². The first-order valence-electron chi connectivity index (χ1n) is 7.52. The molecule has 0 saturated carbocycles. The number of alkyl halides is 13. The van der Waals surface area contributed by atoms with Crippen LogP contribution in [0.25, 0.3) is 0 Å². The number of nitrogens with one attached hydrogen (secondary N) is 1. The van der Waals surface area contributed by atoms with E-state index in [0.29, 0.717) is 24.6 Å². The monoisotopic (exact) mass is 433 g/mol. The molecule has 1 nitrogen and oxygen atoms in total. The molecule has 0 rings (SSSR count). The molecule has 0 saturated heterocycles. The third-order valence-electron chi connectivity index (χ3n) is 3.56. The molecule has 0 bridgehead atoms. The van der Waals surface area contributed by atoms with Crippen LogP contribution in [0.3, 0.4) is 0 Å². The van der Waals surface area contributed by atoms with Crippen LogP contribution >= 0.6 is 0 Å². The Labute approximate surface area is 145 Å². The molecule has 0 aliphatic rings. The Balaban J connectivity index is 5.50. The largest absolute Gasteiger partial charge is 0.460 e. The fourth-order valence-corrected chi connectivity index (χ4v) is 1.85. The second-order valence-corrected chi connectivity index (χ2v) is 5.71. The second-order valence-electron chi connectivity index (χ2n) is 5.71. The van der Waals surface area contributed by atoms with Crippen LogP contribution in [0.4, 0.5) is 57.1 Å². The summed E-state index contributed by atoms with van der Waals surface area (Å²) in [5.74, 6) is -30.5. The van der Waals surface area contributed by atoms with Gasteiger partial charge in [0.25, 0.3) is 0 Å². The van der Waals surface area contributed by atoms with Gasteiger partial charge in [0.2, 0.25) is 0 Å². The SMILES string of the molecule is CCCCCCCNC(F)(F)C(F)(F)C(F)(F)C(F)(F)C(F)(F)C(F)(F)F. The molecular weight excluding hydrogens is 417 g/mol. The van der Waals surface area contributed by atoms with Crippen molar-refractivity contribution in [3.8, 4) is 0 Å². The van der Waals surface area contributed by atoms with Crippen molar-refractivity contribution in [3.05, 3.63) is 0 Å². The van der Waals surface area contributed by atoms with Gasteiger partial charge in [-0.15, -0.1) is 0 Å². The first-order chi connectivity index (χ1) is 11.8. The van der Waals surface area contributed by atoms with Crippen molar-refractivity contribution in [3.63, 3.8) is 0 Å². The van der Waals surface area contributed by atoms with Gasteiger partial charge >= 0.3 is 35.9 Å². The molecule has 14 heteroatoms. The van der Waals surface area contributed by atoms with E-state index in [1.807, 2.05) is 0 Å². The van der Waals surface area contributed by atoms with Crippen LogP contribution in [0, 0.1) is 0 Å². The lowest BCUT2D eigenvalue weighted by Crippen LogP contribution is -2.72. The van der Waals surface area contributed by atoms with Gasteiger partial charge in [0.05, 0.1) is 0 Å². The molecule has 164 valence electrons. The summed E-state index contributed by atoms with van der Waals surface area (Å²) >= 11 is 0. The first kappa shape index (κ1) is 26.1. The number of unbranched alkanes of at least 4 members (excludes halogenated alkanes) is 4. The summed E-state index contributed by atoms with van der Waals surface area (Å²) in [6.07, 6.45) is -5.72. The van der Waals surface area contributed by atoms with Gasteiger partial charge in [-0.25, -0.2) is 0 Å². The van der Waals surface area contributed by atoms with Crippen LogP contribution in [0.1, 0.15) is 39.0 Å². The zero-order valence-corrected chi connectivity index (χ0v) is 13.7. The van der Waals surface area contributed by atoms with Crippen LogP contribution in [0.2, 0.25) is 0 Å². The molecule has 0 aromatic carbocycles. The van der Waals surface area contributed by atoms with E-state index in [9.17, 15) is 57.1 Å². The average Bonchev–Trinajstić information content (AvgIpc) is 2.48. The van der Waals surface area contributed by atoms with E-state index < -0.39 is 42.5 Å². The molecule has 0 heterocycles. The van der Waals surface area contributed by atoms with Gasteiger partial charge in [0.15, 0.2) is 0 Å². The fraction of sp³-hybridized carbons (Fsp3) is 1.00. The molecule has 0 fully saturated rings.